The fraction of sp³-hybridized carbons (Fsp3) is 0.440. The first-order chi connectivity index (χ1) is 15.5. The lowest BCUT2D eigenvalue weighted by Crippen LogP contribution is -2.49. The van der Waals surface area contributed by atoms with E-state index in [9.17, 15) is 9.59 Å². The molecule has 2 N–H and O–H groups in total. The van der Waals surface area contributed by atoms with Gasteiger partial charge in [0.2, 0.25) is 11.8 Å². The van der Waals surface area contributed by atoms with Crippen LogP contribution in [0.2, 0.25) is 0 Å². The van der Waals surface area contributed by atoms with E-state index >= 15 is 0 Å². The van der Waals surface area contributed by atoms with E-state index in [-0.39, 0.29) is 23.8 Å². The number of rotatable bonds is 6. The molecule has 0 aromatic heterocycles. The van der Waals surface area contributed by atoms with E-state index in [4.69, 9.17) is 15.2 Å². The normalized spacial score (nSPS) is 21.0. The summed E-state index contributed by atoms with van der Waals surface area (Å²) in [6, 6.07) is 14.2. The highest BCUT2D eigenvalue weighted by atomic mass is 16.5. The number of hydrogen-bond donors (Lipinski definition) is 1. The minimum Gasteiger partial charge on any atom is -0.493 e. The summed E-state index contributed by atoms with van der Waals surface area (Å²) in [5, 5.41) is 0. The molecule has 7 nitrogen and oxygen atoms in total. The maximum atomic E-state index is 13.2. The average molecular weight is 438 g/mol. The molecular formula is C25H31N3O4. The number of primary amides is 1. The second-order valence-corrected chi connectivity index (χ2v) is 8.52. The molecule has 0 bridgehead atoms. The summed E-state index contributed by atoms with van der Waals surface area (Å²) in [5.74, 6) is 0.865. The third-order valence-electron chi connectivity index (χ3n) is 6.60. The number of ether oxygens (including phenoxy) is 2. The van der Waals surface area contributed by atoms with Crippen LogP contribution < -0.4 is 15.2 Å². The van der Waals surface area contributed by atoms with Gasteiger partial charge >= 0.3 is 0 Å². The number of amides is 2. The molecule has 1 fully saturated rings. The minimum absolute atomic E-state index is 0.0424. The minimum atomic E-state index is -0.322. The van der Waals surface area contributed by atoms with Crippen LogP contribution in [-0.2, 0) is 16.0 Å². The lowest BCUT2D eigenvalue weighted by Gasteiger charge is -2.39. The number of fused-ring (bicyclic) bond motifs is 1. The van der Waals surface area contributed by atoms with E-state index in [1.807, 2.05) is 30.3 Å². The number of carbonyl (C=O) groups is 2. The molecule has 2 aliphatic rings. The number of nitrogens with two attached hydrogens (primary N) is 1. The summed E-state index contributed by atoms with van der Waals surface area (Å²) in [7, 11) is 3.28. The first kappa shape index (κ1) is 22.1. The smallest absolute Gasteiger partial charge is 0.236 e. The van der Waals surface area contributed by atoms with Crippen molar-refractivity contribution in [2.45, 2.75) is 25.3 Å². The molecule has 32 heavy (non-hydrogen) atoms. The van der Waals surface area contributed by atoms with Gasteiger partial charge in [0, 0.05) is 19.6 Å². The lowest BCUT2D eigenvalue weighted by molar-refractivity contribution is -0.136. The van der Waals surface area contributed by atoms with Crippen molar-refractivity contribution >= 4 is 11.8 Å². The number of likely N-dealkylation sites (tertiary alicyclic amines) is 1. The van der Waals surface area contributed by atoms with Crippen molar-refractivity contribution in [1.82, 2.24) is 9.80 Å². The maximum Gasteiger partial charge on any atom is 0.236 e. The standard InChI is InChI=1S/C25H31N3O4/c1-31-21-13-18-10-12-28(16-23(29)27-11-6-9-19(15-27)25(26)30)24(17-7-4-3-5-8-17)20(18)14-22(21)32-2/h3-5,7-8,13-14,19,24H,6,9-12,15-16H2,1-2H3,(H2,26,30)/t19-,24+/m0/s1. The zero-order valence-electron chi connectivity index (χ0n) is 18.8. The summed E-state index contributed by atoms with van der Waals surface area (Å²) < 4.78 is 11.1. The van der Waals surface area contributed by atoms with E-state index in [2.05, 4.69) is 17.0 Å². The fourth-order valence-corrected chi connectivity index (χ4v) is 4.90. The second-order valence-electron chi connectivity index (χ2n) is 8.52. The Balaban J connectivity index is 1.64. The van der Waals surface area contributed by atoms with Crippen LogP contribution in [0.15, 0.2) is 42.5 Å². The first-order valence-corrected chi connectivity index (χ1v) is 11.1. The molecule has 0 unspecified atom stereocenters. The van der Waals surface area contributed by atoms with Crippen molar-refractivity contribution < 1.29 is 19.1 Å². The Morgan fingerprint density at radius 2 is 1.78 bits per heavy atom. The topological polar surface area (TPSA) is 85.1 Å². The highest BCUT2D eigenvalue weighted by Crippen LogP contribution is 2.41. The number of nitrogens with zero attached hydrogens (tertiary/aromatic N) is 2. The number of carbonyl (C=O) groups excluding carboxylic acids is 2. The second kappa shape index (κ2) is 9.61. The van der Waals surface area contributed by atoms with E-state index in [0.717, 1.165) is 36.9 Å². The Kier molecular flexibility index (Phi) is 6.65. The van der Waals surface area contributed by atoms with Crippen LogP contribution >= 0.6 is 0 Å². The van der Waals surface area contributed by atoms with Gasteiger partial charge in [0.05, 0.1) is 32.7 Å². The molecular weight excluding hydrogens is 406 g/mol. The summed E-state index contributed by atoms with van der Waals surface area (Å²) >= 11 is 0. The van der Waals surface area contributed by atoms with E-state index in [1.165, 1.54) is 5.56 Å². The average Bonchev–Trinajstić information content (AvgIpc) is 2.83. The maximum absolute atomic E-state index is 13.2. The van der Waals surface area contributed by atoms with Crippen molar-refractivity contribution in [2.24, 2.45) is 11.7 Å². The molecule has 0 aliphatic carbocycles. The van der Waals surface area contributed by atoms with Crippen LogP contribution in [0.5, 0.6) is 11.5 Å². The van der Waals surface area contributed by atoms with Crippen LogP contribution in [-0.4, -0.2) is 62.0 Å². The van der Waals surface area contributed by atoms with Gasteiger partial charge in [-0.3, -0.25) is 14.5 Å². The monoisotopic (exact) mass is 437 g/mol. The van der Waals surface area contributed by atoms with Crippen LogP contribution in [0.1, 0.15) is 35.6 Å². The van der Waals surface area contributed by atoms with Crippen LogP contribution in [0.25, 0.3) is 0 Å². The Labute approximate surface area is 189 Å². The fourth-order valence-electron chi connectivity index (χ4n) is 4.90. The largest absolute Gasteiger partial charge is 0.493 e. The summed E-state index contributed by atoms with van der Waals surface area (Å²) in [6.45, 7) is 2.13. The number of piperidine rings is 1. The van der Waals surface area contributed by atoms with E-state index in [1.54, 1.807) is 19.1 Å². The third kappa shape index (κ3) is 4.43. The van der Waals surface area contributed by atoms with Crippen LogP contribution in [0, 0.1) is 5.92 Å². The molecule has 1 saturated heterocycles. The number of hydrogen-bond acceptors (Lipinski definition) is 5. The van der Waals surface area contributed by atoms with E-state index in [0.29, 0.717) is 31.1 Å². The highest BCUT2D eigenvalue weighted by Gasteiger charge is 2.34. The molecule has 2 aromatic carbocycles. The van der Waals surface area contributed by atoms with Gasteiger partial charge in [-0.15, -0.1) is 0 Å². The van der Waals surface area contributed by atoms with Crippen LogP contribution in [0.3, 0.4) is 0 Å². The molecule has 4 rings (SSSR count). The molecule has 2 amide bonds. The Morgan fingerprint density at radius 3 is 2.47 bits per heavy atom. The third-order valence-corrected chi connectivity index (χ3v) is 6.60. The highest BCUT2D eigenvalue weighted by molar-refractivity contribution is 5.81. The molecule has 0 saturated carbocycles. The molecule has 0 spiro atoms. The van der Waals surface area contributed by atoms with E-state index < -0.39 is 0 Å². The van der Waals surface area contributed by atoms with Crippen LogP contribution in [0.4, 0.5) is 0 Å². The van der Waals surface area contributed by atoms with Crippen molar-refractivity contribution in [3.63, 3.8) is 0 Å². The molecule has 2 atom stereocenters. The summed E-state index contributed by atoms with van der Waals surface area (Å²) in [5.41, 5.74) is 8.96. The van der Waals surface area contributed by atoms with Gasteiger partial charge in [0.15, 0.2) is 11.5 Å². The predicted octanol–water partition coefficient (Wildman–Crippen LogP) is 2.38. The molecule has 2 heterocycles. The van der Waals surface area contributed by atoms with Gasteiger partial charge in [-0.1, -0.05) is 30.3 Å². The van der Waals surface area contributed by atoms with Gasteiger partial charge in [0.25, 0.3) is 0 Å². The number of benzene rings is 2. The van der Waals surface area contributed by atoms with Gasteiger partial charge in [-0.05, 0) is 48.1 Å². The van der Waals surface area contributed by atoms with Crippen molar-refractivity contribution in [3.05, 3.63) is 59.2 Å². The van der Waals surface area contributed by atoms with Gasteiger partial charge in [0.1, 0.15) is 0 Å². The summed E-state index contributed by atoms with van der Waals surface area (Å²) in [4.78, 5) is 28.9. The molecule has 7 heteroatoms. The zero-order valence-corrected chi connectivity index (χ0v) is 18.8. The van der Waals surface area contributed by atoms with Gasteiger partial charge in [-0.25, -0.2) is 0 Å². The molecule has 2 aliphatic heterocycles. The molecule has 170 valence electrons. The molecule has 2 aromatic rings. The quantitative estimate of drug-likeness (QED) is 0.750. The van der Waals surface area contributed by atoms with Crippen molar-refractivity contribution in [2.75, 3.05) is 40.4 Å². The Morgan fingerprint density at radius 1 is 1.06 bits per heavy atom. The number of methoxy groups -OCH3 is 2. The molecule has 0 radical (unpaired) electrons. The van der Waals surface area contributed by atoms with Crippen molar-refractivity contribution in [3.8, 4) is 11.5 Å². The SMILES string of the molecule is COc1cc2c(cc1OC)[C@@H](c1ccccc1)N(CC(=O)N1CCC[C@H](C(N)=O)C1)CC2. The lowest BCUT2D eigenvalue weighted by atomic mass is 9.87. The Hall–Kier alpha value is -3.06. The van der Waals surface area contributed by atoms with Crippen molar-refractivity contribution in [1.29, 1.82) is 0 Å². The summed E-state index contributed by atoms with van der Waals surface area (Å²) in [6.07, 6.45) is 2.38. The van der Waals surface area contributed by atoms with Gasteiger partial charge < -0.3 is 20.1 Å². The Bertz CT molecular complexity index is 979. The van der Waals surface area contributed by atoms with Gasteiger partial charge in [-0.2, -0.15) is 0 Å². The predicted molar refractivity (Wildman–Crippen MR) is 122 cm³/mol. The first-order valence-electron chi connectivity index (χ1n) is 11.1. The zero-order chi connectivity index (χ0) is 22.7.